The molecule has 0 aliphatic rings. The molecule has 0 aliphatic heterocycles. The number of thiazole rings is 1. The number of aliphatic hydroxyl groups is 1. The lowest BCUT2D eigenvalue weighted by Gasteiger charge is -2.16. The normalized spacial score (nSPS) is 13.4. The van der Waals surface area contributed by atoms with E-state index in [2.05, 4.69) is 16.4 Å². The van der Waals surface area contributed by atoms with Crippen LogP contribution in [0.4, 0.5) is 0 Å². The highest BCUT2D eigenvalue weighted by Crippen LogP contribution is 2.15. The van der Waals surface area contributed by atoms with E-state index in [4.69, 9.17) is 10.00 Å². The molecule has 0 bridgehead atoms. The minimum Gasteiger partial charge on any atom is -0.491 e. The van der Waals surface area contributed by atoms with Crippen molar-refractivity contribution in [1.29, 1.82) is 5.26 Å². The van der Waals surface area contributed by atoms with Gasteiger partial charge < -0.3 is 15.2 Å². The van der Waals surface area contributed by atoms with Gasteiger partial charge in [0.05, 0.1) is 17.7 Å². The van der Waals surface area contributed by atoms with Gasteiger partial charge in [-0.15, -0.1) is 11.3 Å². The molecule has 5 nitrogen and oxygen atoms in total. The molecule has 0 fully saturated rings. The van der Waals surface area contributed by atoms with Gasteiger partial charge in [-0.1, -0.05) is 6.07 Å². The lowest BCUT2D eigenvalue weighted by atomic mass is 10.2. The van der Waals surface area contributed by atoms with Crippen molar-refractivity contribution in [3.8, 4) is 11.8 Å². The SMILES string of the molecule is CC(NCC(O)COc1cccc(C#N)c1)c1nccs1. The van der Waals surface area contributed by atoms with Crippen molar-refractivity contribution in [3.05, 3.63) is 46.4 Å². The Bertz CT molecular complexity index is 595. The predicted octanol–water partition coefficient (Wildman–Crippen LogP) is 2.11. The first-order chi connectivity index (χ1) is 10.2. The molecule has 2 unspecified atom stereocenters. The maximum atomic E-state index is 9.91. The Hall–Kier alpha value is -1.94. The standard InChI is InChI=1S/C15H17N3O2S/c1-11(15-17-5-6-21-15)18-9-13(19)10-20-14-4-2-3-12(7-14)8-16/h2-7,11,13,18-19H,9-10H2,1H3. The van der Waals surface area contributed by atoms with Crippen LogP contribution in [0.25, 0.3) is 0 Å². The summed E-state index contributed by atoms with van der Waals surface area (Å²) in [5.41, 5.74) is 0.539. The van der Waals surface area contributed by atoms with Crippen molar-refractivity contribution >= 4 is 11.3 Å². The fourth-order valence-electron chi connectivity index (χ4n) is 1.76. The third-order valence-electron chi connectivity index (χ3n) is 2.89. The Morgan fingerprint density at radius 2 is 2.38 bits per heavy atom. The minimum atomic E-state index is -0.627. The predicted molar refractivity (Wildman–Crippen MR) is 81.2 cm³/mol. The second kappa shape index (κ2) is 7.74. The summed E-state index contributed by atoms with van der Waals surface area (Å²) in [6, 6.07) is 9.02. The van der Waals surface area contributed by atoms with Crippen LogP contribution in [0, 0.1) is 11.3 Å². The van der Waals surface area contributed by atoms with E-state index in [1.165, 1.54) is 0 Å². The molecular formula is C15H17N3O2S. The Labute approximate surface area is 127 Å². The first-order valence-corrected chi connectivity index (χ1v) is 7.51. The van der Waals surface area contributed by atoms with Crippen LogP contribution in [0.2, 0.25) is 0 Å². The van der Waals surface area contributed by atoms with Crippen LogP contribution in [0.5, 0.6) is 5.75 Å². The highest BCUT2D eigenvalue weighted by atomic mass is 32.1. The molecule has 2 aromatic rings. The molecule has 2 atom stereocenters. The largest absolute Gasteiger partial charge is 0.491 e. The van der Waals surface area contributed by atoms with Gasteiger partial charge in [-0.05, 0) is 25.1 Å². The zero-order chi connectivity index (χ0) is 15.1. The van der Waals surface area contributed by atoms with Crippen LogP contribution < -0.4 is 10.1 Å². The van der Waals surface area contributed by atoms with Crippen molar-refractivity contribution in [2.24, 2.45) is 0 Å². The first kappa shape index (κ1) is 15.4. The second-order valence-corrected chi connectivity index (χ2v) is 5.53. The van der Waals surface area contributed by atoms with Crippen LogP contribution in [0.15, 0.2) is 35.8 Å². The zero-order valence-electron chi connectivity index (χ0n) is 11.7. The Kier molecular flexibility index (Phi) is 5.69. The zero-order valence-corrected chi connectivity index (χ0v) is 12.5. The van der Waals surface area contributed by atoms with Gasteiger partial charge in [0.25, 0.3) is 0 Å². The van der Waals surface area contributed by atoms with Gasteiger partial charge in [0.15, 0.2) is 0 Å². The molecule has 1 heterocycles. The molecule has 1 aromatic heterocycles. The molecule has 1 aromatic carbocycles. The van der Waals surface area contributed by atoms with Gasteiger partial charge in [0.1, 0.15) is 23.5 Å². The summed E-state index contributed by atoms with van der Waals surface area (Å²) in [5, 5.41) is 24.8. The number of aliphatic hydroxyl groups excluding tert-OH is 1. The van der Waals surface area contributed by atoms with E-state index in [1.54, 1.807) is 41.8 Å². The highest BCUT2D eigenvalue weighted by Gasteiger charge is 2.11. The lowest BCUT2D eigenvalue weighted by Crippen LogP contribution is -2.33. The van der Waals surface area contributed by atoms with Crippen molar-refractivity contribution in [2.45, 2.75) is 19.1 Å². The second-order valence-electron chi connectivity index (χ2n) is 4.60. The van der Waals surface area contributed by atoms with Crippen LogP contribution >= 0.6 is 11.3 Å². The third kappa shape index (κ3) is 4.83. The van der Waals surface area contributed by atoms with Gasteiger partial charge in [0.2, 0.25) is 0 Å². The highest BCUT2D eigenvalue weighted by molar-refractivity contribution is 7.09. The summed E-state index contributed by atoms with van der Waals surface area (Å²) >= 11 is 1.58. The van der Waals surface area contributed by atoms with Crippen LogP contribution in [0.3, 0.4) is 0 Å². The number of nitriles is 1. The molecular weight excluding hydrogens is 286 g/mol. The third-order valence-corrected chi connectivity index (χ3v) is 3.85. The lowest BCUT2D eigenvalue weighted by molar-refractivity contribution is 0.104. The molecule has 0 saturated carbocycles. The number of ether oxygens (including phenoxy) is 1. The van der Waals surface area contributed by atoms with E-state index in [0.717, 1.165) is 5.01 Å². The molecule has 110 valence electrons. The van der Waals surface area contributed by atoms with Gasteiger partial charge in [-0.2, -0.15) is 5.26 Å². The first-order valence-electron chi connectivity index (χ1n) is 6.63. The summed E-state index contributed by atoms with van der Waals surface area (Å²) in [5.74, 6) is 0.584. The maximum Gasteiger partial charge on any atom is 0.120 e. The number of aromatic nitrogens is 1. The van der Waals surface area contributed by atoms with Gasteiger partial charge in [-0.25, -0.2) is 4.98 Å². The molecule has 0 aliphatic carbocycles. The number of hydrogen-bond donors (Lipinski definition) is 2. The molecule has 0 amide bonds. The van der Waals surface area contributed by atoms with Crippen LogP contribution in [0.1, 0.15) is 23.5 Å². The Balaban J connectivity index is 1.74. The summed E-state index contributed by atoms with van der Waals surface area (Å²) < 4.78 is 5.48. The molecule has 0 spiro atoms. The van der Waals surface area contributed by atoms with E-state index < -0.39 is 6.10 Å². The topological polar surface area (TPSA) is 78.2 Å². The molecule has 0 saturated heterocycles. The van der Waals surface area contributed by atoms with Gasteiger partial charge in [0, 0.05) is 18.1 Å². The van der Waals surface area contributed by atoms with Gasteiger partial charge >= 0.3 is 0 Å². The van der Waals surface area contributed by atoms with E-state index in [-0.39, 0.29) is 12.6 Å². The smallest absolute Gasteiger partial charge is 0.120 e. The summed E-state index contributed by atoms with van der Waals surface area (Å²) in [4.78, 5) is 4.22. The summed E-state index contributed by atoms with van der Waals surface area (Å²) in [6.07, 6.45) is 1.14. The van der Waals surface area contributed by atoms with Gasteiger partial charge in [-0.3, -0.25) is 0 Å². The van der Waals surface area contributed by atoms with Crippen LogP contribution in [-0.4, -0.2) is 29.3 Å². The molecule has 2 N–H and O–H groups in total. The van der Waals surface area contributed by atoms with E-state index in [1.807, 2.05) is 12.3 Å². The van der Waals surface area contributed by atoms with E-state index in [0.29, 0.717) is 17.9 Å². The number of benzene rings is 1. The average molecular weight is 303 g/mol. The number of hydrogen-bond acceptors (Lipinski definition) is 6. The summed E-state index contributed by atoms with van der Waals surface area (Å²) in [7, 11) is 0. The van der Waals surface area contributed by atoms with E-state index >= 15 is 0 Å². The molecule has 2 rings (SSSR count). The maximum absolute atomic E-state index is 9.91. The van der Waals surface area contributed by atoms with Crippen molar-refractivity contribution in [1.82, 2.24) is 10.3 Å². The molecule has 0 radical (unpaired) electrons. The molecule has 6 heteroatoms. The average Bonchev–Trinajstić information content (AvgIpc) is 3.05. The fraction of sp³-hybridized carbons (Fsp3) is 0.333. The Morgan fingerprint density at radius 1 is 1.52 bits per heavy atom. The quantitative estimate of drug-likeness (QED) is 0.819. The van der Waals surface area contributed by atoms with Crippen molar-refractivity contribution in [2.75, 3.05) is 13.2 Å². The van der Waals surface area contributed by atoms with Crippen molar-refractivity contribution in [3.63, 3.8) is 0 Å². The minimum absolute atomic E-state index is 0.0987. The number of nitrogens with one attached hydrogen (secondary N) is 1. The molecule has 21 heavy (non-hydrogen) atoms. The fourth-order valence-corrected chi connectivity index (χ4v) is 2.43. The van der Waals surface area contributed by atoms with Crippen molar-refractivity contribution < 1.29 is 9.84 Å². The number of nitrogens with zero attached hydrogens (tertiary/aromatic N) is 2. The van der Waals surface area contributed by atoms with E-state index in [9.17, 15) is 5.11 Å². The van der Waals surface area contributed by atoms with Crippen LogP contribution in [-0.2, 0) is 0 Å². The summed E-state index contributed by atoms with van der Waals surface area (Å²) in [6.45, 7) is 2.59. The Morgan fingerprint density at radius 3 is 3.10 bits per heavy atom. The number of rotatable bonds is 7. The monoisotopic (exact) mass is 303 g/mol.